The van der Waals surface area contributed by atoms with Gasteiger partial charge in [0, 0.05) is 30.4 Å². The Balaban J connectivity index is 1.78. The van der Waals surface area contributed by atoms with Crippen molar-refractivity contribution < 1.29 is 4.79 Å². The van der Waals surface area contributed by atoms with E-state index in [4.69, 9.17) is 11.5 Å². The highest BCUT2D eigenvalue weighted by Gasteiger charge is 2.25. The topological polar surface area (TPSA) is 72.3 Å². The summed E-state index contributed by atoms with van der Waals surface area (Å²) in [4.78, 5) is 14.5. The SMILES string of the molecule is Nc1cccc2c1CCCN2C(=O)CC(N)c1ccccc1. The van der Waals surface area contributed by atoms with E-state index in [9.17, 15) is 4.79 Å². The molecule has 22 heavy (non-hydrogen) atoms. The van der Waals surface area contributed by atoms with E-state index in [1.807, 2.05) is 53.4 Å². The summed E-state index contributed by atoms with van der Waals surface area (Å²) in [5.41, 5.74) is 16.0. The summed E-state index contributed by atoms with van der Waals surface area (Å²) in [6, 6.07) is 15.2. The van der Waals surface area contributed by atoms with Crippen LogP contribution in [-0.2, 0) is 11.2 Å². The van der Waals surface area contributed by atoms with Gasteiger partial charge < -0.3 is 16.4 Å². The molecule has 1 atom stereocenters. The lowest BCUT2D eigenvalue weighted by Gasteiger charge is -2.31. The molecule has 0 fully saturated rings. The van der Waals surface area contributed by atoms with E-state index in [-0.39, 0.29) is 11.9 Å². The summed E-state index contributed by atoms with van der Waals surface area (Å²) < 4.78 is 0. The van der Waals surface area contributed by atoms with Crippen LogP contribution in [0, 0.1) is 0 Å². The first-order valence-corrected chi connectivity index (χ1v) is 7.65. The number of nitrogens with zero attached hydrogens (tertiary/aromatic N) is 1. The Labute approximate surface area is 130 Å². The number of carbonyl (C=O) groups excluding carboxylic acids is 1. The molecule has 1 unspecified atom stereocenters. The van der Waals surface area contributed by atoms with Crippen molar-refractivity contribution in [3.8, 4) is 0 Å². The van der Waals surface area contributed by atoms with Crippen molar-refractivity contribution in [2.24, 2.45) is 5.73 Å². The predicted octanol–water partition coefficient (Wildman–Crippen LogP) is 2.64. The molecule has 3 rings (SSSR count). The van der Waals surface area contributed by atoms with Gasteiger partial charge in [-0.2, -0.15) is 0 Å². The highest BCUT2D eigenvalue weighted by atomic mass is 16.2. The van der Waals surface area contributed by atoms with Crippen LogP contribution in [0.15, 0.2) is 48.5 Å². The number of hydrogen-bond donors (Lipinski definition) is 2. The molecule has 4 nitrogen and oxygen atoms in total. The predicted molar refractivity (Wildman–Crippen MR) is 89.5 cm³/mol. The molecule has 2 aromatic rings. The third kappa shape index (κ3) is 2.83. The first kappa shape index (κ1) is 14.6. The molecule has 0 aromatic heterocycles. The smallest absolute Gasteiger partial charge is 0.228 e. The number of nitrogens with two attached hydrogens (primary N) is 2. The van der Waals surface area contributed by atoms with Crippen molar-refractivity contribution in [3.63, 3.8) is 0 Å². The fourth-order valence-electron chi connectivity index (χ4n) is 3.03. The number of fused-ring (bicyclic) bond motifs is 1. The number of hydrogen-bond acceptors (Lipinski definition) is 3. The lowest BCUT2D eigenvalue weighted by Crippen LogP contribution is -2.37. The van der Waals surface area contributed by atoms with Crippen molar-refractivity contribution >= 4 is 17.3 Å². The number of amides is 1. The van der Waals surface area contributed by atoms with Crippen LogP contribution in [0.4, 0.5) is 11.4 Å². The molecule has 4 heteroatoms. The van der Waals surface area contributed by atoms with Gasteiger partial charge in [-0.3, -0.25) is 4.79 Å². The maximum atomic E-state index is 12.7. The molecule has 2 aromatic carbocycles. The fraction of sp³-hybridized carbons (Fsp3) is 0.278. The molecule has 0 saturated heterocycles. The number of nitrogen functional groups attached to an aromatic ring is 1. The van der Waals surface area contributed by atoms with Gasteiger partial charge in [-0.25, -0.2) is 0 Å². The maximum Gasteiger partial charge on any atom is 0.228 e. The Morgan fingerprint density at radius 2 is 1.91 bits per heavy atom. The Hall–Kier alpha value is -2.33. The Morgan fingerprint density at radius 1 is 1.14 bits per heavy atom. The normalized spacial score (nSPS) is 15.2. The van der Waals surface area contributed by atoms with Crippen LogP contribution < -0.4 is 16.4 Å². The Morgan fingerprint density at radius 3 is 2.68 bits per heavy atom. The molecule has 1 heterocycles. The first-order valence-electron chi connectivity index (χ1n) is 7.65. The minimum Gasteiger partial charge on any atom is -0.398 e. The minimum absolute atomic E-state index is 0.0582. The molecule has 1 aliphatic rings. The molecule has 0 radical (unpaired) electrons. The van der Waals surface area contributed by atoms with E-state index in [0.717, 1.165) is 41.9 Å². The lowest BCUT2D eigenvalue weighted by atomic mass is 9.98. The van der Waals surface area contributed by atoms with Crippen molar-refractivity contribution in [1.82, 2.24) is 0 Å². The van der Waals surface area contributed by atoms with Gasteiger partial charge in [-0.15, -0.1) is 0 Å². The second kappa shape index (κ2) is 6.20. The van der Waals surface area contributed by atoms with Crippen molar-refractivity contribution in [3.05, 3.63) is 59.7 Å². The van der Waals surface area contributed by atoms with E-state index in [0.29, 0.717) is 6.42 Å². The average molecular weight is 295 g/mol. The van der Waals surface area contributed by atoms with Gasteiger partial charge in [-0.05, 0) is 36.1 Å². The molecular formula is C18H21N3O. The van der Waals surface area contributed by atoms with E-state index >= 15 is 0 Å². The number of benzene rings is 2. The van der Waals surface area contributed by atoms with Crippen LogP contribution >= 0.6 is 0 Å². The van der Waals surface area contributed by atoms with Crippen molar-refractivity contribution in [2.75, 3.05) is 17.2 Å². The Kier molecular flexibility index (Phi) is 4.11. The number of carbonyl (C=O) groups is 1. The molecule has 1 amide bonds. The minimum atomic E-state index is -0.278. The standard InChI is InChI=1S/C18H21N3O/c19-15-9-4-10-17-14(15)8-5-11-21(17)18(22)12-16(20)13-6-2-1-3-7-13/h1-4,6-7,9-10,16H,5,8,11-12,19-20H2. The van der Waals surface area contributed by atoms with E-state index in [1.54, 1.807) is 0 Å². The summed E-state index contributed by atoms with van der Waals surface area (Å²) in [6.45, 7) is 0.733. The largest absolute Gasteiger partial charge is 0.398 e. The molecule has 4 N–H and O–H groups in total. The van der Waals surface area contributed by atoms with Crippen molar-refractivity contribution in [1.29, 1.82) is 0 Å². The summed E-state index contributed by atoms with van der Waals surface area (Å²) in [5, 5.41) is 0. The zero-order valence-corrected chi connectivity index (χ0v) is 12.5. The quantitative estimate of drug-likeness (QED) is 0.855. The molecule has 0 bridgehead atoms. The molecule has 114 valence electrons. The Bertz CT molecular complexity index is 669. The molecule has 0 aliphatic carbocycles. The first-order chi connectivity index (χ1) is 10.7. The second-order valence-electron chi connectivity index (χ2n) is 5.72. The maximum absolute atomic E-state index is 12.7. The number of rotatable bonds is 3. The summed E-state index contributed by atoms with van der Waals surface area (Å²) in [5.74, 6) is 0.0582. The van der Waals surface area contributed by atoms with Crippen LogP contribution in [0.5, 0.6) is 0 Å². The van der Waals surface area contributed by atoms with Crippen LogP contribution in [0.25, 0.3) is 0 Å². The van der Waals surface area contributed by atoms with Gasteiger partial charge in [0.05, 0.1) is 0 Å². The third-order valence-electron chi connectivity index (χ3n) is 4.21. The fourth-order valence-corrected chi connectivity index (χ4v) is 3.03. The van der Waals surface area contributed by atoms with Gasteiger partial charge in [-0.1, -0.05) is 36.4 Å². The molecule has 1 aliphatic heterocycles. The van der Waals surface area contributed by atoms with Gasteiger partial charge in [0.2, 0.25) is 5.91 Å². The van der Waals surface area contributed by atoms with Gasteiger partial charge in [0.15, 0.2) is 0 Å². The number of anilines is 2. The second-order valence-corrected chi connectivity index (χ2v) is 5.72. The highest BCUT2D eigenvalue weighted by molar-refractivity contribution is 5.95. The van der Waals surface area contributed by atoms with Crippen LogP contribution in [0.2, 0.25) is 0 Å². The summed E-state index contributed by atoms with van der Waals surface area (Å²) >= 11 is 0. The van der Waals surface area contributed by atoms with Gasteiger partial charge in [0.1, 0.15) is 0 Å². The van der Waals surface area contributed by atoms with Crippen LogP contribution in [-0.4, -0.2) is 12.5 Å². The molecule has 0 spiro atoms. The summed E-state index contributed by atoms with van der Waals surface area (Å²) in [6.07, 6.45) is 2.17. The van der Waals surface area contributed by atoms with E-state index < -0.39 is 0 Å². The zero-order chi connectivity index (χ0) is 15.5. The van der Waals surface area contributed by atoms with Crippen molar-refractivity contribution in [2.45, 2.75) is 25.3 Å². The average Bonchev–Trinajstić information content (AvgIpc) is 2.55. The summed E-state index contributed by atoms with van der Waals surface area (Å²) in [7, 11) is 0. The lowest BCUT2D eigenvalue weighted by molar-refractivity contribution is -0.119. The zero-order valence-electron chi connectivity index (χ0n) is 12.5. The highest BCUT2D eigenvalue weighted by Crippen LogP contribution is 2.32. The van der Waals surface area contributed by atoms with E-state index in [2.05, 4.69) is 0 Å². The van der Waals surface area contributed by atoms with E-state index in [1.165, 1.54) is 0 Å². The van der Waals surface area contributed by atoms with Crippen LogP contribution in [0.3, 0.4) is 0 Å². The monoisotopic (exact) mass is 295 g/mol. The molecule has 0 saturated carbocycles. The van der Waals surface area contributed by atoms with Crippen LogP contribution in [0.1, 0.15) is 30.0 Å². The third-order valence-corrected chi connectivity index (χ3v) is 4.21. The van der Waals surface area contributed by atoms with Gasteiger partial charge in [0.25, 0.3) is 0 Å². The van der Waals surface area contributed by atoms with Gasteiger partial charge >= 0.3 is 0 Å². The molecular weight excluding hydrogens is 274 g/mol.